The van der Waals surface area contributed by atoms with Crippen molar-refractivity contribution in [2.24, 2.45) is 0 Å². The third kappa shape index (κ3) is 2.62. The van der Waals surface area contributed by atoms with Crippen LogP contribution in [0, 0.1) is 12.7 Å². The Balaban J connectivity index is 2.30. The Labute approximate surface area is 107 Å². The zero-order valence-electron chi connectivity index (χ0n) is 11.0. The van der Waals surface area contributed by atoms with Crippen LogP contribution in [0.5, 0.6) is 0 Å². The molecule has 1 heterocycles. The third-order valence-electron chi connectivity index (χ3n) is 3.13. The summed E-state index contributed by atoms with van der Waals surface area (Å²) in [5.41, 5.74) is 1.44. The van der Waals surface area contributed by atoms with Gasteiger partial charge in [0.25, 0.3) is 0 Å². The monoisotopic (exact) mass is 247 g/mol. The molecule has 18 heavy (non-hydrogen) atoms. The molecule has 1 aromatic carbocycles. The molecule has 0 spiro atoms. The Hall–Kier alpha value is -1.61. The molecule has 0 radical (unpaired) electrons. The Bertz CT molecular complexity index is 513. The van der Waals surface area contributed by atoms with Gasteiger partial charge in [0.1, 0.15) is 17.3 Å². The molecule has 0 aliphatic rings. The first kappa shape index (κ1) is 12.8. The fourth-order valence-electron chi connectivity index (χ4n) is 1.97. The quantitative estimate of drug-likeness (QED) is 0.894. The molecule has 1 unspecified atom stereocenters. The van der Waals surface area contributed by atoms with Crippen LogP contribution in [0.4, 0.5) is 4.39 Å². The Kier molecular flexibility index (Phi) is 3.82. The van der Waals surface area contributed by atoms with E-state index in [0.29, 0.717) is 17.4 Å². The maximum Gasteiger partial charge on any atom is 0.137 e. The zero-order valence-corrected chi connectivity index (χ0v) is 11.0. The second kappa shape index (κ2) is 5.36. The van der Waals surface area contributed by atoms with Gasteiger partial charge in [0.15, 0.2) is 0 Å². The van der Waals surface area contributed by atoms with Gasteiger partial charge in [-0.3, -0.25) is 0 Å². The van der Waals surface area contributed by atoms with Crippen LogP contribution in [0.2, 0.25) is 0 Å². The van der Waals surface area contributed by atoms with E-state index in [1.807, 2.05) is 32.2 Å². The van der Waals surface area contributed by atoms with Gasteiger partial charge in [0, 0.05) is 12.5 Å². The molecule has 0 fully saturated rings. The highest BCUT2D eigenvalue weighted by Gasteiger charge is 2.13. The van der Waals surface area contributed by atoms with Gasteiger partial charge in [0.05, 0.1) is 5.56 Å². The van der Waals surface area contributed by atoms with E-state index in [1.54, 1.807) is 6.07 Å². The predicted molar refractivity (Wildman–Crippen MR) is 71.1 cm³/mol. The Morgan fingerprint density at radius 3 is 2.72 bits per heavy atom. The maximum atomic E-state index is 13.8. The summed E-state index contributed by atoms with van der Waals surface area (Å²) >= 11 is 0. The standard InChI is InChI=1S/C15H18FNO/c1-10-5-4-6-13(16)15(10)14-8-7-12(18-14)9-11(2)17-3/h4-8,11,17H,9H2,1-3H3. The highest BCUT2D eigenvalue weighted by atomic mass is 19.1. The van der Waals surface area contributed by atoms with Crippen LogP contribution in [0.1, 0.15) is 18.2 Å². The molecule has 3 heteroatoms. The van der Waals surface area contributed by atoms with E-state index in [9.17, 15) is 4.39 Å². The number of furan rings is 1. The van der Waals surface area contributed by atoms with Crippen molar-refractivity contribution in [1.82, 2.24) is 5.32 Å². The predicted octanol–water partition coefficient (Wildman–Crippen LogP) is 3.54. The lowest BCUT2D eigenvalue weighted by Crippen LogP contribution is -2.23. The van der Waals surface area contributed by atoms with Crippen molar-refractivity contribution in [3.8, 4) is 11.3 Å². The minimum Gasteiger partial charge on any atom is -0.461 e. The van der Waals surface area contributed by atoms with Crippen LogP contribution in [0.25, 0.3) is 11.3 Å². The summed E-state index contributed by atoms with van der Waals surface area (Å²) in [4.78, 5) is 0. The number of hydrogen-bond donors (Lipinski definition) is 1. The third-order valence-corrected chi connectivity index (χ3v) is 3.13. The molecule has 0 amide bonds. The molecular formula is C15H18FNO. The van der Waals surface area contributed by atoms with Crippen LogP contribution in [-0.2, 0) is 6.42 Å². The Morgan fingerprint density at radius 1 is 1.28 bits per heavy atom. The van der Waals surface area contributed by atoms with Gasteiger partial charge in [-0.25, -0.2) is 4.39 Å². The molecule has 2 nitrogen and oxygen atoms in total. The maximum absolute atomic E-state index is 13.8. The van der Waals surface area contributed by atoms with E-state index >= 15 is 0 Å². The summed E-state index contributed by atoms with van der Waals surface area (Å²) in [7, 11) is 1.91. The molecule has 2 rings (SSSR count). The molecule has 0 saturated carbocycles. The van der Waals surface area contributed by atoms with Crippen molar-refractivity contribution >= 4 is 0 Å². The number of likely N-dealkylation sites (N-methyl/N-ethyl adjacent to an activating group) is 1. The summed E-state index contributed by atoms with van der Waals surface area (Å²) < 4.78 is 19.5. The van der Waals surface area contributed by atoms with Gasteiger partial charge in [-0.15, -0.1) is 0 Å². The molecule has 0 bridgehead atoms. The van der Waals surface area contributed by atoms with Crippen LogP contribution in [-0.4, -0.2) is 13.1 Å². The van der Waals surface area contributed by atoms with E-state index in [2.05, 4.69) is 12.2 Å². The number of halogens is 1. The first-order valence-electron chi connectivity index (χ1n) is 6.13. The van der Waals surface area contributed by atoms with Gasteiger partial charge in [-0.1, -0.05) is 12.1 Å². The second-order valence-corrected chi connectivity index (χ2v) is 4.59. The smallest absolute Gasteiger partial charge is 0.137 e. The second-order valence-electron chi connectivity index (χ2n) is 4.59. The molecule has 0 aliphatic heterocycles. The van der Waals surface area contributed by atoms with Gasteiger partial charge >= 0.3 is 0 Å². The topological polar surface area (TPSA) is 25.2 Å². The number of benzene rings is 1. The van der Waals surface area contributed by atoms with Crippen molar-refractivity contribution in [2.75, 3.05) is 7.05 Å². The summed E-state index contributed by atoms with van der Waals surface area (Å²) in [6.45, 7) is 3.97. The SMILES string of the molecule is CNC(C)Cc1ccc(-c2c(C)cccc2F)o1. The van der Waals surface area contributed by atoms with Gasteiger partial charge < -0.3 is 9.73 Å². The van der Waals surface area contributed by atoms with Crippen molar-refractivity contribution in [3.05, 3.63) is 47.5 Å². The zero-order chi connectivity index (χ0) is 13.1. The average Bonchev–Trinajstić information content (AvgIpc) is 2.77. The first-order valence-corrected chi connectivity index (χ1v) is 6.13. The van der Waals surface area contributed by atoms with Gasteiger partial charge in [-0.05, 0) is 44.7 Å². The van der Waals surface area contributed by atoms with Crippen LogP contribution >= 0.6 is 0 Å². The number of rotatable bonds is 4. The molecule has 0 saturated heterocycles. The highest BCUT2D eigenvalue weighted by molar-refractivity contribution is 5.62. The van der Waals surface area contributed by atoms with E-state index in [4.69, 9.17) is 4.42 Å². The summed E-state index contributed by atoms with van der Waals surface area (Å²) in [6, 6.07) is 9.14. The normalized spacial score (nSPS) is 12.7. The molecular weight excluding hydrogens is 229 g/mol. The van der Waals surface area contributed by atoms with Crippen molar-refractivity contribution in [2.45, 2.75) is 26.3 Å². The van der Waals surface area contributed by atoms with Gasteiger partial charge in [0.2, 0.25) is 0 Å². The lowest BCUT2D eigenvalue weighted by atomic mass is 10.1. The molecule has 1 aromatic heterocycles. The lowest BCUT2D eigenvalue weighted by molar-refractivity contribution is 0.478. The molecule has 0 aliphatic carbocycles. The van der Waals surface area contributed by atoms with Crippen molar-refractivity contribution < 1.29 is 8.81 Å². The molecule has 1 atom stereocenters. The van der Waals surface area contributed by atoms with E-state index < -0.39 is 0 Å². The Morgan fingerprint density at radius 2 is 2.06 bits per heavy atom. The molecule has 2 aromatic rings. The fraction of sp³-hybridized carbons (Fsp3) is 0.333. The average molecular weight is 247 g/mol. The summed E-state index contributed by atoms with van der Waals surface area (Å²) in [6.07, 6.45) is 0.796. The minimum absolute atomic E-state index is 0.238. The van der Waals surface area contributed by atoms with E-state index in [-0.39, 0.29) is 5.82 Å². The van der Waals surface area contributed by atoms with Crippen molar-refractivity contribution in [3.63, 3.8) is 0 Å². The fourth-order valence-corrected chi connectivity index (χ4v) is 1.97. The number of nitrogens with one attached hydrogen (secondary N) is 1. The largest absolute Gasteiger partial charge is 0.461 e. The minimum atomic E-state index is -0.238. The van der Waals surface area contributed by atoms with Crippen LogP contribution < -0.4 is 5.32 Å². The highest BCUT2D eigenvalue weighted by Crippen LogP contribution is 2.28. The van der Waals surface area contributed by atoms with Crippen molar-refractivity contribution in [1.29, 1.82) is 0 Å². The number of hydrogen-bond acceptors (Lipinski definition) is 2. The van der Waals surface area contributed by atoms with Crippen LogP contribution in [0.3, 0.4) is 0 Å². The molecule has 96 valence electrons. The van der Waals surface area contributed by atoms with E-state index in [0.717, 1.165) is 17.7 Å². The van der Waals surface area contributed by atoms with Crippen LogP contribution in [0.15, 0.2) is 34.7 Å². The lowest BCUT2D eigenvalue weighted by Gasteiger charge is -2.07. The molecule has 1 N–H and O–H groups in total. The van der Waals surface area contributed by atoms with Gasteiger partial charge in [-0.2, -0.15) is 0 Å². The number of aryl methyl sites for hydroxylation is 1. The van der Waals surface area contributed by atoms with E-state index in [1.165, 1.54) is 6.07 Å². The summed E-state index contributed by atoms with van der Waals surface area (Å²) in [5, 5.41) is 3.15. The summed E-state index contributed by atoms with van der Waals surface area (Å²) in [5.74, 6) is 1.23. The first-order chi connectivity index (χ1) is 8.61.